The van der Waals surface area contributed by atoms with Crippen LogP contribution in [0.25, 0.3) is 0 Å². The first-order valence-electron chi connectivity index (χ1n) is 5.37. The van der Waals surface area contributed by atoms with Crippen LogP contribution < -0.4 is 4.72 Å². The monoisotopic (exact) mass is 262 g/mol. The van der Waals surface area contributed by atoms with Crippen molar-refractivity contribution in [3.8, 4) is 6.07 Å². The number of nitrogens with one attached hydrogen (secondary N) is 1. The molecule has 0 aromatic carbocycles. The Morgan fingerprint density at radius 1 is 1.47 bits per heavy atom. The highest BCUT2D eigenvalue weighted by molar-refractivity contribution is 7.90. The van der Waals surface area contributed by atoms with Gasteiger partial charge in [-0.15, -0.1) is 0 Å². The van der Waals surface area contributed by atoms with Crippen LogP contribution in [0.4, 0.5) is 0 Å². The third-order valence-corrected chi connectivity index (χ3v) is 4.27. The lowest BCUT2D eigenvalue weighted by atomic mass is 9.97. The quantitative estimate of drug-likeness (QED) is 0.697. The lowest BCUT2D eigenvalue weighted by Gasteiger charge is -2.17. The van der Waals surface area contributed by atoms with Crippen molar-refractivity contribution >= 4 is 16.0 Å². The van der Waals surface area contributed by atoms with Crippen molar-refractivity contribution in [1.29, 1.82) is 5.26 Å². The maximum Gasteiger partial charge on any atom is 0.308 e. The van der Waals surface area contributed by atoms with E-state index in [0.717, 1.165) is 0 Å². The molecule has 0 fully saturated rings. The molecule has 0 spiro atoms. The highest BCUT2D eigenvalue weighted by Crippen LogP contribution is 2.11. The molecule has 17 heavy (non-hydrogen) atoms. The van der Waals surface area contributed by atoms with Gasteiger partial charge in [-0.05, 0) is 12.3 Å². The van der Waals surface area contributed by atoms with E-state index < -0.39 is 27.2 Å². The number of hydrogen-bond donors (Lipinski definition) is 2. The van der Waals surface area contributed by atoms with Gasteiger partial charge in [-0.25, -0.2) is 13.1 Å². The van der Waals surface area contributed by atoms with Gasteiger partial charge in [0, 0.05) is 6.54 Å². The Hall–Kier alpha value is -1.13. The Labute approximate surface area is 102 Å². The van der Waals surface area contributed by atoms with Gasteiger partial charge in [0.2, 0.25) is 10.0 Å². The number of aliphatic carboxylic acids is 1. The Kier molecular flexibility index (Phi) is 6.13. The smallest absolute Gasteiger partial charge is 0.308 e. The molecule has 0 rings (SSSR count). The minimum Gasteiger partial charge on any atom is -0.481 e. The van der Waals surface area contributed by atoms with E-state index in [-0.39, 0.29) is 18.9 Å². The summed E-state index contributed by atoms with van der Waals surface area (Å²) in [5.74, 6) is -2.02. The van der Waals surface area contributed by atoms with E-state index in [4.69, 9.17) is 10.4 Å². The van der Waals surface area contributed by atoms with Gasteiger partial charge in [0.1, 0.15) is 0 Å². The summed E-state index contributed by atoms with van der Waals surface area (Å²) in [5.41, 5.74) is 0. The maximum atomic E-state index is 11.6. The predicted molar refractivity (Wildman–Crippen MR) is 62.6 cm³/mol. The van der Waals surface area contributed by atoms with Gasteiger partial charge in [0.25, 0.3) is 0 Å². The lowest BCUT2D eigenvalue weighted by molar-refractivity contribution is -0.142. The molecule has 0 saturated heterocycles. The molecule has 2 unspecified atom stereocenters. The summed E-state index contributed by atoms with van der Waals surface area (Å²) in [6.45, 7) is 4.81. The highest BCUT2D eigenvalue weighted by atomic mass is 32.2. The summed E-state index contributed by atoms with van der Waals surface area (Å²) >= 11 is 0. The van der Waals surface area contributed by atoms with Crippen LogP contribution in [0.2, 0.25) is 0 Å². The van der Waals surface area contributed by atoms with Crippen LogP contribution in [0.1, 0.15) is 27.2 Å². The molecule has 98 valence electrons. The van der Waals surface area contributed by atoms with Crippen molar-refractivity contribution in [3.05, 3.63) is 0 Å². The van der Waals surface area contributed by atoms with Crippen molar-refractivity contribution in [3.63, 3.8) is 0 Å². The first-order valence-corrected chi connectivity index (χ1v) is 6.91. The number of carbonyl (C=O) groups is 1. The van der Waals surface area contributed by atoms with Crippen molar-refractivity contribution in [1.82, 2.24) is 4.72 Å². The largest absolute Gasteiger partial charge is 0.481 e. The summed E-state index contributed by atoms with van der Waals surface area (Å²) in [4.78, 5) is 10.9. The fourth-order valence-electron chi connectivity index (χ4n) is 1.29. The SMILES string of the molecule is CCC(C#N)S(=O)(=O)NCC(C(=O)O)C(C)C. The third kappa shape index (κ3) is 4.71. The highest BCUT2D eigenvalue weighted by Gasteiger charge is 2.27. The van der Waals surface area contributed by atoms with Crippen molar-refractivity contribution in [2.75, 3.05) is 6.54 Å². The molecule has 0 amide bonds. The molecule has 2 atom stereocenters. The molecule has 0 radical (unpaired) electrons. The van der Waals surface area contributed by atoms with Crippen molar-refractivity contribution in [2.45, 2.75) is 32.4 Å². The van der Waals surface area contributed by atoms with Crippen LogP contribution in [0.3, 0.4) is 0 Å². The molecule has 6 nitrogen and oxygen atoms in total. The summed E-state index contributed by atoms with van der Waals surface area (Å²) in [5, 5.41) is 16.4. The number of nitriles is 1. The second kappa shape index (κ2) is 6.57. The van der Waals surface area contributed by atoms with E-state index in [1.165, 1.54) is 0 Å². The Bertz CT molecular complexity index is 397. The number of carboxylic acids is 1. The average Bonchev–Trinajstić information content (AvgIpc) is 2.17. The zero-order chi connectivity index (χ0) is 13.6. The molecule has 2 N–H and O–H groups in total. The van der Waals surface area contributed by atoms with Crippen LogP contribution >= 0.6 is 0 Å². The second-order valence-electron chi connectivity index (χ2n) is 4.11. The summed E-state index contributed by atoms with van der Waals surface area (Å²) in [7, 11) is -3.76. The summed E-state index contributed by atoms with van der Waals surface area (Å²) in [6, 6.07) is 1.68. The first kappa shape index (κ1) is 15.9. The molecule has 0 aliphatic carbocycles. The van der Waals surface area contributed by atoms with Gasteiger partial charge in [0.15, 0.2) is 5.25 Å². The molecule has 0 bridgehead atoms. The molecule has 0 aliphatic rings. The number of sulfonamides is 1. The standard InChI is InChI=1S/C10H18N2O4S/c1-4-8(5-11)17(15,16)12-6-9(7(2)3)10(13)14/h7-9,12H,4,6H2,1-3H3,(H,13,14). The molecular weight excluding hydrogens is 244 g/mol. The molecule has 0 aromatic rings. The second-order valence-corrected chi connectivity index (χ2v) is 6.06. The average molecular weight is 262 g/mol. The number of hydrogen-bond acceptors (Lipinski definition) is 4. The first-order chi connectivity index (χ1) is 7.76. The van der Waals surface area contributed by atoms with Gasteiger partial charge in [-0.2, -0.15) is 5.26 Å². The molecule has 0 heterocycles. The summed E-state index contributed by atoms with van der Waals surface area (Å²) in [6.07, 6.45) is 0.172. The number of nitrogens with zero attached hydrogens (tertiary/aromatic N) is 1. The van der Waals surface area contributed by atoms with E-state index in [2.05, 4.69) is 4.72 Å². The van der Waals surface area contributed by atoms with Crippen LogP contribution in [-0.2, 0) is 14.8 Å². The van der Waals surface area contributed by atoms with E-state index in [1.54, 1.807) is 26.8 Å². The molecule has 0 saturated carbocycles. The van der Waals surface area contributed by atoms with E-state index in [0.29, 0.717) is 0 Å². The molecule has 0 aromatic heterocycles. The van der Waals surface area contributed by atoms with Gasteiger partial charge in [-0.3, -0.25) is 4.79 Å². The fourth-order valence-corrected chi connectivity index (χ4v) is 2.49. The maximum absolute atomic E-state index is 11.6. The Balaban J connectivity index is 4.66. The van der Waals surface area contributed by atoms with Gasteiger partial charge >= 0.3 is 5.97 Å². The van der Waals surface area contributed by atoms with E-state index in [1.807, 2.05) is 0 Å². The number of carboxylic acid groups (broad SMARTS) is 1. The van der Waals surface area contributed by atoms with Crippen LogP contribution in [0.15, 0.2) is 0 Å². The van der Waals surface area contributed by atoms with Crippen molar-refractivity contribution in [2.24, 2.45) is 11.8 Å². The Morgan fingerprint density at radius 3 is 2.29 bits per heavy atom. The molecule has 7 heteroatoms. The van der Waals surface area contributed by atoms with E-state index >= 15 is 0 Å². The number of rotatable bonds is 7. The Morgan fingerprint density at radius 2 is 2.00 bits per heavy atom. The molecular formula is C10H18N2O4S. The normalized spacial score (nSPS) is 15.2. The fraction of sp³-hybridized carbons (Fsp3) is 0.800. The van der Waals surface area contributed by atoms with Crippen molar-refractivity contribution < 1.29 is 18.3 Å². The summed E-state index contributed by atoms with van der Waals surface area (Å²) < 4.78 is 25.4. The van der Waals surface area contributed by atoms with Crippen LogP contribution in [0.5, 0.6) is 0 Å². The van der Waals surface area contributed by atoms with Gasteiger partial charge < -0.3 is 5.11 Å². The zero-order valence-electron chi connectivity index (χ0n) is 10.2. The molecule has 0 aliphatic heterocycles. The minimum atomic E-state index is -3.76. The van der Waals surface area contributed by atoms with Gasteiger partial charge in [-0.1, -0.05) is 20.8 Å². The zero-order valence-corrected chi connectivity index (χ0v) is 11.0. The predicted octanol–water partition coefficient (Wildman–Crippen LogP) is 0.565. The lowest BCUT2D eigenvalue weighted by Crippen LogP contribution is -2.39. The van der Waals surface area contributed by atoms with Gasteiger partial charge in [0.05, 0.1) is 12.0 Å². The van der Waals surface area contributed by atoms with E-state index in [9.17, 15) is 13.2 Å². The third-order valence-electron chi connectivity index (χ3n) is 2.52. The minimum absolute atomic E-state index is 0.172. The topological polar surface area (TPSA) is 107 Å². The van der Waals surface area contributed by atoms with Crippen LogP contribution in [-0.4, -0.2) is 31.3 Å². The van der Waals surface area contributed by atoms with Crippen LogP contribution in [0, 0.1) is 23.2 Å².